The van der Waals surface area contributed by atoms with Gasteiger partial charge in [0.05, 0.1) is 0 Å². The summed E-state index contributed by atoms with van der Waals surface area (Å²) in [6, 6.07) is 4.34. The largest absolute Gasteiger partial charge is 0.381 e. The predicted molar refractivity (Wildman–Crippen MR) is 61.6 cm³/mol. The maximum Gasteiger partial charge on any atom is 0.272 e. The molecule has 0 aliphatic carbocycles. The topological polar surface area (TPSA) is 47.0 Å². The number of ether oxygens (including phenoxy) is 1. The molecule has 1 N–H and O–H groups in total. The summed E-state index contributed by atoms with van der Waals surface area (Å²) >= 11 is 0. The zero-order valence-electron chi connectivity index (χ0n) is 8.98. The molecule has 4 heteroatoms. The van der Waals surface area contributed by atoms with Gasteiger partial charge < -0.3 is 14.3 Å². The molecule has 0 atom stereocenters. The van der Waals surface area contributed by atoms with Crippen LogP contribution in [0.15, 0.2) is 29.3 Å². The molecule has 84 valence electrons. The van der Waals surface area contributed by atoms with Crippen LogP contribution in [0.1, 0.15) is 18.9 Å². The van der Waals surface area contributed by atoms with Crippen LogP contribution in [0, 0.1) is 0 Å². The van der Waals surface area contributed by atoms with E-state index in [1.807, 2.05) is 18.3 Å². The third-order valence-electron chi connectivity index (χ3n) is 3.22. The van der Waals surface area contributed by atoms with E-state index in [-0.39, 0.29) is 5.56 Å². The summed E-state index contributed by atoms with van der Waals surface area (Å²) in [4.78, 5) is 14.5. The minimum absolute atomic E-state index is 0.00556. The molecular formula is C12H14N2O2. The summed E-state index contributed by atoms with van der Waals surface area (Å²) in [5.74, 6) is 0. The van der Waals surface area contributed by atoms with Crippen LogP contribution in [0.25, 0.3) is 10.9 Å². The molecule has 16 heavy (non-hydrogen) atoms. The Morgan fingerprint density at radius 2 is 2.12 bits per heavy atom. The number of hydrogen-bond donors (Lipinski definition) is 1. The van der Waals surface area contributed by atoms with E-state index in [1.165, 1.54) is 0 Å². The van der Waals surface area contributed by atoms with Crippen LogP contribution >= 0.6 is 0 Å². The van der Waals surface area contributed by atoms with E-state index >= 15 is 0 Å². The van der Waals surface area contributed by atoms with Gasteiger partial charge in [0.1, 0.15) is 5.52 Å². The minimum atomic E-state index is -0.00556. The molecular weight excluding hydrogens is 204 g/mol. The monoisotopic (exact) mass is 218 g/mol. The highest BCUT2D eigenvalue weighted by Crippen LogP contribution is 2.24. The molecule has 4 nitrogen and oxygen atoms in total. The molecule has 0 bridgehead atoms. The number of aromatic amines is 1. The van der Waals surface area contributed by atoms with Gasteiger partial charge in [0.2, 0.25) is 0 Å². The number of hydrogen-bond acceptors (Lipinski definition) is 2. The van der Waals surface area contributed by atoms with Crippen LogP contribution in [0.4, 0.5) is 0 Å². The fourth-order valence-corrected chi connectivity index (χ4v) is 2.39. The molecule has 1 aliphatic heterocycles. The normalized spacial score (nSPS) is 18.0. The fraction of sp³-hybridized carbons (Fsp3) is 0.417. The second kappa shape index (κ2) is 3.79. The zero-order valence-corrected chi connectivity index (χ0v) is 8.98. The van der Waals surface area contributed by atoms with E-state index in [1.54, 1.807) is 6.20 Å². The van der Waals surface area contributed by atoms with Gasteiger partial charge in [-0.05, 0) is 25.0 Å². The van der Waals surface area contributed by atoms with E-state index in [0.717, 1.165) is 37.0 Å². The smallest absolute Gasteiger partial charge is 0.272 e. The molecule has 1 fully saturated rings. The number of H-pyrrole nitrogens is 1. The first-order valence-electron chi connectivity index (χ1n) is 5.62. The second-order valence-electron chi connectivity index (χ2n) is 4.18. The van der Waals surface area contributed by atoms with Gasteiger partial charge >= 0.3 is 0 Å². The quantitative estimate of drug-likeness (QED) is 0.791. The van der Waals surface area contributed by atoms with Crippen LogP contribution in [-0.4, -0.2) is 22.8 Å². The predicted octanol–water partition coefficient (Wildman–Crippen LogP) is 1.68. The van der Waals surface area contributed by atoms with Gasteiger partial charge in [-0.15, -0.1) is 0 Å². The van der Waals surface area contributed by atoms with Crippen molar-refractivity contribution in [1.82, 2.24) is 9.55 Å². The Morgan fingerprint density at radius 3 is 2.94 bits per heavy atom. The van der Waals surface area contributed by atoms with Crippen LogP contribution in [0.5, 0.6) is 0 Å². The van der Waals surface area contributed by atoms with Gasteiger partial charge in [-0.1, -0.05) is 0 Å². The Balaban J connectivity index is 2.12. The first-order chi connectivity index (χ1) is 7.86. The molecule has 3 rings (SSSR count). The Bertz CT molecular complexity index is 549. The summed E-state index contributed by atoms with van der Waals surface area (Å²) in [7, 11) is 0. The summed E-state index contributed by atoms with van der Waals surface area (Å²) in [5.41, 5.74) is 0.781. The van der Waals surface area contributed by atoms with Gasteiger partial charge in [0.25, 0.3) is 5.56 Å². The number of pyridine rings is 1. The summed E-state index contributed by atoms with van der Waals surface area (Å²) in [6.45, 7) is 1.57. The minimum Gasteiger partial charge on any atom is -0.381 e. The van der Waals surface area contributed by atoms with Crippen molar-refractivity contribution in [2.24, 2.45) is 0 Å². The molecule has 1 aliphatic rings. The highest BCUT2D eigenvalue weighted by atomic mass is 16.5. The van der Waals surface area contributed by atoms with Gasteiger partial charge in [0.15, 0.2) is 0 Å². The summed E-state index contributed by atoms with van der Waals surface area (Å²) < 4.78 is 7.43. The maximum atomic E-state index is 11.8. The molecule has 2 aromatic heterocycles. The standard InChI is InChI=1S/C12H14N2O2/c15-12-11-9(1-5-13-12)2-6-14(11)10-3-7-16-8-4-10/h1-2,5-6,10H,3-4,7-8H2,(H,13,15). The van der Waals surface area contributed by atoms with Crippen molar-refractivity contribution >= 4 is 10.9 Å². The fourth-order valence-electron chi connectivity index (χ4n) is 2.39. The van der Waals surface area contributed by atoms with Crippen molar-refractivity contribution < 1.29 is 4.74 Å². The molecule has 0 saturated carbocycles. The van der Waals surface area contributed by atoms with Crippen molar-refractivity contribution in [2.45, 2.75) is 18.9 Å². The first-order valence-corrected chi connectivity index (χ1v) is 5.62. The van der Waals surface area contributed by atoms with Crippen molar-refractivity contribution in [3.8, 4) is 0 Å². The summed E-state index contributed by atoms with van der Waals surface area (Å²) in [6.07, 6.45) is 5.67. The van der Waals surface area contributed by atoms with E-state index in [4.69, 9.17) is 4.74 Å². The van der Waals surface area contributed by atoms with Crippen molar-refractivity contribution in [3.05, 3.63) is 34.9 Å². The third-order valence-corrected chi connectivity index (χ3v) is 3.22. The Labute approximate surface area is 92.8 Å². The lowest BCUT2D eigenvalue weighted by molar-refractivity contribution is 0.0707. The molecule has 0 spiro atoms. The average Bonchev–Trinajstić information content (AvgIpc) is 2.75. The number of nitrogens with one attached hydrogen (secondary N) is 1. The number of rotatable bonds is 1. The lowest BCUT2D eigenvalue weighted by Gasteiger charge is -2.24. The van der Waals surface area contributed by atoms with Gasteiger partial charge in [0, 0.05) is 37.0 Å². The second-order valence-corrected chi connectivity index (χ2v) is 4.18. The van der Waals surface area contributed by atoms with E-state index in [2.05, 4.69) is 9.55 Å². The molecule has 0 aromatic carbocycles. The zero-order chi connectivity index (χ0) is 11.0. The Morgan fingerprint density at radius 1 is 1.31 bits per heavy atom. The van der Waals surface area contributed by atoms with Crippen molar-refractivity contribution in [3.63, 3.8) is 0 Å². The van der Waals surface area contributed by atoms with Crippen LogP contribution in [0.3, 0.4) is 0 Å². The van der Waals surface area contributed by atoms with E-state index in [9.17, 15) is 4.79 Å². The van der Waals surface area contributed by atoms with Gasteiger partial charge in [-0.3, -0.25) is 4.79 Å². The molecule has 3 heterocycles. The Hall–Kier alpha value is -1.55. The van der Waals surface area contributed by atoms with E-state index < -0.39 is 0 Å². The molecule has 0 radical (unpaired) electrons. The third kappa shape index (κ3) is 1.46. The van der Waals surface area contributed by atoms with Crippen molar-refractivity contribution in [2.75, 3.05) is 13.2 Å². The Kier molecular flexibility index (Phi) is 2.29. The lowest BCUT2D eigenvalue weighted by Crippen LogP contribution is -2.21. The number of nitrogens with zero attached hydrogens (tertiary/aromatic N) is 1. The molecule has 1 saturated heterocycles. The van der Waals surface area contributed by atoms with Gasteiger partial charge in [-0.25, -0.2) is 0 Å². The highest BCUT2D eigenvalue weighted by molar-refractivity contribution is 5.78. The number of fused-ring (bicyclic) bond motifs is 1. The SMILES string of the molecule is O=c1[nH]ccc2ccn(C3CCOCC3)c12. The van der Waals surface area contributed by atoms with E-state index in [0.29, 0.717) is 6.04 Å². The van der Waals surface area contributed by atoms with Gasteiger partial charge in [-0.2, -0.15) is 0 Å². The van der Waals surface area contributed by atoms with Crippen LogP contribution in [0.2, 0.25) is 0 Å². The molecule has 0 amide bonds. The van der Waals surface area contributed by atoms with Crippen LogP contribution in [-0.2, 0) is 4.74 Å². The van der Waals surface area contributed by atoms with Crippen LogP contribution < -0.4 is 5.56 Å². The average molecular weight is 218 g/mol. The van der Waals surface area contributed by atoms with Crippen molar-refractivity contribution in [1.29, 1.82) is 0 Å². The first kappa shape index (κ1) is 9.66. The number of aromatic nitrogens is 2. The maximum absolute atomic E-state index is 11.8. The highest BCUT2D eigenvalue weighted by Gasteiger charge is 2.17. The molecule has 0 unspecified atom stereocenters. The lowest BCUT2D eigenvalue weighted by atomic mass is 10.1. The summed E-state index contributed by atoms with van der Waals surface area (Å²) in [5, 5.41) is 1.01. The molecule has 2 aromatic rings.